The number of nitrogens with zero attached hydrogens (tertiary/aromatic N) is 1. The van der Waals surface area contributed by atoms with Crippen molar-refractivity contribution in [3.05, 3.63) is 87.1 Å². The average molecular weight is 462 g/mol. The molecule has 0 aliphatic carbocycles. The highest BCUT2D eigenvalue weighted by atomic mass is 32.2. The lowest BCUT2D eigenvalue weighted by Gasteiger charge is -2.14. The summed E-state index contributed by atoms with van der Waals surface area (Å²) in [7, 11) is 0. The Kier molecular flexibility index (Phi) is 6.33. The molecule has 3 aromatic rings. The highest BCUT2D eigenvalue weighted by Crippen LogP contribution is 2.32. The fraction of sp³-hybridized carbons (Fsp3) is 0.231. The van der Waals surface area contributed by atoms with Crippen LogP contribution in [0.5, 0.6) is 0 Å². The smallest absolute Gasteiger partial charge is 0.335 e. The third-order valence-corrected chi connectivity index (χ3v) is 6.87. The monoisotopic (exact) mass is 461 g/mol. The van der Waals surface area contributed by atoms with Crippen molar-refractivity contribution in [1.29, 1.82) is 0 Å². The van der Waals surface area contributed by atoms with Gasteiger partial charge < -0.3 is 20.3 Å². The van der Waals surface area contributed by atoms with E-state index in [-0.39, 0.29) is 17.0 Å². The van der Waals surface area contributed by atoms with Crippen LogP contribution < -0.4 is 10.6 Å². The predicted molar refractivity (Wildman–Crippen MR) is 134 cm³/mol. The van der Waals surface area contributed by atoms with Crippen molar-refractivity contribution in [3.8, 4) is 5.69 Å². The van der Waals surface area contributed by atoms with Gasteiger partial charge in [0.2, 0.25) is 0 Å². The van der Waals surface area contributed by atoms with E-state index >= 15 is 0 Å². The van der Waals surface area contributed by atoms with Crippen LogP contribution in [0.3, 0.4) is 0 Å². The average Bonchev–Trinajstić information content (AvgIpc) is 3.26. The summed E-state index contributed by atoms with van der Waals surface area (Å²) in [5.74, 6) is -1.07. The zero-order valence-electron chi connectivity index (χ0n) is 19.1. The molecule has 4 rings (SSSR count). The minimum absolute atomic E-state index is 0.114. The molecule has 1 aliphatic rings. The third-order valence-electron chi connectivity index (χ3n) is 5.84. The van der Waals surface area contributed by atoms with E-state index < -0.39 is 5.97 Å². The van der Waals surface area contributed by atoms with Crippen molar-refractivity contribution in [1.82, 2.24) is 9.88 Å². The van der Waals surface area contributed by atoms with Gasteiger partial charge in [-0.25, -0.2) is 4.79 Å². The van der Waals surface area contributed by atoms with Crippen molar-refractivity contribution in [2.24, 2.45) is 0 Å². The lowest BCUT2D eigenvalue weighted by Crippen LogP contribution is -2.30. The molecule has 0 bridgehead atoms. The maximum absolute atomic E-state index is 12.6. The van der Waals surface area contributed by atoms with Gasteiger partial charge in [-0.3, -0.25) is 4.79 Å². The number of hydrogen-bond acceptors (Lipinski definition) is 4. The molecule has 1 aromatic heterocycles. The van der Waals surface area contributed by atoms with Crippen molar-refractivity contribution >= 4 is 35.4 Å². The van der Waals surface area contributed by atoms with Crippen LogP contribution in [0.15, 0.2) is 53.4 Å². The number of carboxylic acid groups (broad SMARTS) is 1. The number of carbonyl (C=O) groups is 2. The molecule has 1 atom stereocenters. The summed E-state index contributed by atoms with van der Waals surface area (Å²) < 4.78 is 2.04. The van der Waals surface area contributed by atoms with E-state index in [9.17, 15) is 14.7 Å². The molecule has 6 nitrogen and oxygen atoms in total. The van der Waals surface area contributed by atoms with E-state index in [4.69, 9.17) is 0 Å². The Labute approximate surface area is 197 Å². The van der Waals surface area contributed by atoms with Crippen LogP contribution in [0.4, 0.5) is 5.69 Å². The topological polar surface area (TPSA) is 83.4 Å². The normalized spacial score (nSPS) is 16.8. The quantitative estimate of drug-likeness (QED) is 0.436. The first kappa shape index (κ1) is 22.7. The summed E-state index contributed by atoms with van der Waals surface area (Å²) in [5, 5.41) is 15.7. The second kappa shape index (κ2) is 9.19. The molecule has 2 heterocycles. The highest BCUT2D eigenvalue weighted by molar-refractivity contribution is 8.05. The summed E-state index contributed by atoms with van der Waals surface area (Å²) in [6.07, 6.45) is 2.89. The van der Waals surface area contributed by atoms with Gasteiger partial charge in [0.15, 0.2) is 5.50 Å². The number of hydrogen-bond donors (Lipinski definition) is 3. The van der Waals surface area contributed by atoms with Crippen LogP contribution in [-0.2, 0) is 11.2 Å². The van der Waals surface area contributed by atoms with Gasteiger partial charge in [-0.1, -0.05) is 36.9 Å². The van der Waals surface area contributed by atoms with Crippen LogP contribution in [-0.4, -0.2) is 27.0 Å². The second-order valence-corrected chi connectivity index (χ2v) is 9.29. The number of rotatable bonds is 6. The Morgan fingerprint density at radius 3 is 2.55 bits per heavy atom. The van der Waals surface area contributed by atoms with Crippen molar-refractivity contribution in [3.63, 3.8) is 0 Å². The summed E-state index contributed by atoms with van der Waals surface area (Å²) in [4.78, 5) is 24.7. The van der Waals surface area contributed by atoms with Gasteiger partial charge in [-0.2, -0.15) is 0 Å². The predicted octanol–water partition coefficient (Wildman–Crippen LogP) is 5.26. The first-order valence-corrected chi connectivity index (χ1v) is 11.7. The van der Waals surface area contributed by atoms with E-state index in [1.165, 1.54) is 17.3 Å². The largest absolute Gasteiger partial charge is 0.478 e. The van der Waals surface area contributed by atoms with Crippen LogP contribution in [0.25, 0.3) is 11.8 Å². The molecule has 0 saturated carbocycles. The zero-order valence-corrected chi connectivity index (χ0v) is 19.9. The van der Waals surface area contributed by atoms with Gasteiger partial charge in [0, 0.05) is 22.8 Å². The van der Waals surface area contributed by atoms with Crippen molar-refractivity contribution in [2.45, 2.75) is 39.6 Å². The molecule has 33 heavy (non-hydrogen) atoms. The van der Waals surface area contributed by atoms with Crippen molar-refractivity contribution < 1.29 is 14.7 Å². The number of benzene rings is 2. The number of aryl methyl sites for hydroxylation is 3. The van der Waals surface area contributed by atoms with Crippen LogP contribution in [0.2, 0.25) is 0 Å². The van der Waals surface area contributed by atoms with E-state index in [1.54, 1.807) is 12.1 Å². The van der Waals surface area contributed by atoms with Gasteiger partial charge in [0.05, 0.1) is 10.5 Å². The van der Waals surface area contributed by atoms with E-state index in [1.807, 2.05) is 55.7 Å². The molecule has 0 spiro atoms. The molecule has 7 heteroatoms. The highest BCUT2D eigenvalue weighted by Gasteiger charge is 2.27. The maximum atomic E-state index is 12.6. The molecule has 0 radical (unpaired) electrons. The zero-order chi connectivity index (χ0) is 23.7. The summed E-state index contributed by atoms with van der Waals surface area (Å²) in [6.45, 7) is 8.04. The van der Waals surface area contributed by atoms with E-state index in [0.29, 0.717) is 4.91 Å². The van der Waals surface area contributed by atoms with Gasteiger partial charge in [0.1, 0.15) is 0 Å². The summed E-state index contributed by atoms with van der Waals surface area (Å²) in [5.41, 5.74) is 6.88. The number of carbonyl (C=O) groups excluding carboxylic acids is 1. The molecule has 1 aliphatic heterocycles. The third kappa shape index (κ3) is 4.68. The first-order chi connectivity index (χ1) is 15.8. The number of carboxylic acids is 1. The number of thioether (sulfide) groups is 1. The summed E-state index contributed by atoms with van der Waals surface area (Å²) in [6, 6.07) is 15.3. The fourth-order valence-electron chi connectivity index (χ4n) is 3.98. The Morgan fingerprint density at radius 1 is 1.15 bits per heavy atom. The number of aromatic carboxylic acids is 1. The molecular weight excluding hydrogens is 434 g/mol. The molecule has 2 aromatic carbocycles. The maximum Gasteiger partial charge on any atom is 0.335 e. The minimum Gasteiger partial charge on any atom is -0.478 e. The molecule has 170 valence electrons. The molecule has 1 fully saturated rings. The summed E-state index contributed by atoms with van der Waals surface area (Å²) >= 11 is 1.45. The Hall–Kier alpha value is -3.45. The van der Waals surface area contributed by atoms with Gasteiger partial charge in [-0.05, 0) is 80.3 Å². The van der Waals surface area contributed by atoms with Gasteiger partial charge >= 0.3 is 5.97 Å². The Morgan fingerprint density at radius 2 is 1.88 bits per heavy atom. The van der Waals surface area contributed by atoms with Gasteiger partial charge in [0.25, 0.3) is 5.91 Å². The fourth-order valence-corrected chi connectivity index (χ4v) is 4.96. The number of nitrogens with one attached hydrogen (secondary N) is 2. The number of anilines is 1. The van der Waals surface area contributed by atoms with Gasteiger partial charge in [-0.15, -0.1) is 0 Å². The van der Waals surface area contributed by atoms with Crippen LogP contribution in [0, 0.1) is 20.8 Å². The second-order valence-electron chi connectivity index (χ2n) is 8.14. The van der Waals surface area contributed by atoms with E-state index in [0.717, 1.165) is 40.3 Å². The number of amides is 1. The van der Waals surface area contributed by atoms with Crippen LogP contribution >= 0.6 is 11.8 Å². The van der Waals surface area contributed by atoms with Crippen LogP contribution in [0.1, 0.15) is 45.4 Å². The SMILES string of the molecule is CCc1ccc(N[C@H]2NC(=O)/C(=C/c3cc(C)n(-c4cc(C(=O)O)ccc4C)c3C)S2)cc1. The number of aromatic nitrogens is 1. The lowest BCUT2D eigenvalue weighted by molar-refractivity contribution is -0.116. The van der Waals surface area contributed by atoms with E-state index in [2.05, 4.69) is 29.7 Å². The standard InChI is InChI=1S/C26H27N3O3S/c1-5-18-7-10-21(11-8-18)27-26-28-24(30)23(33-26)14-20-12-16(3)29(17(20)4)22-13-19(25(31)32)9-6-15(22)2/h6-14,26-27H,5H2,1-4H3,(H,28,30)(H,31,32)/b23-14-/t26-/m0/s1. The Bertz CT molecular complexity index is 1260. The lowest BCUT2D eigenvalue weighted by atomic mass is 10.1. The molecule has 1 saturated heterocycles. The minimum atomic E-state index is -0.956. The van der Waals surface area contributed by atoms with Crippen molar-refractivity contribution in [2.75, 3.05) is 5.32 Å². The Balaban J connectivity index is 1.59. The molecule has 1 amide bonds. The molecule has 3 N–H and O–H groups in total. The first-order valence-electron chi connectivity index (χ1n) is 10.8. The molecular formula is C26H27N3O3S. The molecule has 0 unspecified atom stereocenters.